The summed E-state index contributed by atoms with van der Waals surface area (Å²) in [6.45, 7) is 0. The molecule has 2 N–H and O–H groups in total. The van der Waals surface area contributed by atoms with Gasteiger partial charge in [-0.3, -0.25) is 4.98 Å². The highest BCUT2D eigenvalue weighted by Gasteiger charge is 2.40. The number of alkyl halides is 3. The molecule has 4 rings (SSSR count). The van der Waals surface area contributed by atoms with Crippen LogP contribution in [0, 0.1) is 0 Å². The summed E-state index contributed by atoms with van der Waals surface area (Å²) >= 11 is 0. The average Bonchev–Trinajstić information content (AvgIpc) is 3.42. The highest BCUT2D eigenvalue weighted by molar-refractivity contribution is 5.60. The zero-order valence-electron chi connectivity index (χ0n) is 14.9. The largest absolute Gasteiger partial charge is 0.416 e. The number of hydrogen-bond acceptors (Lipinski definition) is 3. The highest BCUT2D eigenvalue weighted by Crippen LogP contribution is 2.42. The number of aromatic nitrogens is 1. The standard InChI is InChI=1S/C21H23F3N2O/c22-21(23,24)15-3-1-2-13(10-15)19-9-4-14(12-25-19)18-11-20(18)26-16-5-7-17(27)8-6-16/h1-4,9-10,12,16-18,20,26-27H,5-8,11H2. The van der Waals surface area contributed by atoms with Crippen LogP contribution < -0.4 is 5.32 Å². The molecule has 144 valence electrons. The van der Waals surface area contributed by atoms with Crippen molar-refractivity contribution >= 4 is 0 Å². The van der Waals surface area contributed by atoms with Crippen molar-refractivity contribution in [3.8, 4) is 11.3 Å². The maximum absolute atomic E-state index is 12.9. The fourth-order valence-electron chi connectivity index (χ4n) is 3.94. The minimum absolute atomic E-state index is 0.148. The summed E-state index contributed by atoms with van der Waals surface area (Å²) in [5, 5.41) is 13.3. The Balaban J connectivity index is 1.39. The molecule has 0 aliphatic heterocycles. The second-order valence-electron chi connectivity index (χ2n) is 7.68. The number of hydrogen-bond donors (Lipinski definition) is 2. The molecular formula is C21H23F3N2O. The average molecular weight is 376 g/mol. The zero-order valence-corrected chi connectivity index (χ0v) is 14.9. The molecule has 1 aromatic carbocycles. The number of rotatable bonds is 4. The first kappa shape index (κ1) is 18.4. The van der Waals surface area contributed by atoms with Crippen LogP contribution in [0.25, 0.3) is 11.3 Å². The fraction of sp³-hybridized carbons (Fsp3) is 0.476. The van der Waals surface area contributed by atoms with Gasteiger partial charge in [0.2, 0.25) is 0 Å². The Morgan fingerprint density at radius 1 is 1.04 bits per heavy atom. The van der Waals surface area contributed by atoms with Crippen molar-refractivity contribution in [3.05, 3.63) is 53.7 Å². The summed E-state index contributed by atoms with van der Waals surface area (Å²) in [5.41, 5.74) is 1.49. The summed E-state index contributed by atoms with van der Waals surface area (Å²) in [6, 6.07) is 9.96. The predicted molar refractivity (Wildman–Crippen MR) is 97.2 cm³/mol. The van der Waals surface area contributed by atoms with Gasteiger partial charge >= 0.3 is 6.18 Å². The molecule has 1 heterocycles. The number of aliphatic hydroxyl groups is 1. The number of aliphatic hydroxyl groups excluding tert-OH is 1. The normalized spacial score (nSPS) is 28.1. The lowest BCUT2D eigenvalue weighted by molar-refractivity contribution is -0.137. The number of nitrogens with one attached hydrogen (secondary N) is 1. The molecule has 2 aliphatic rings. The van der Waals surface area contributed by atoms with Gasteiger partial charge in [-0.1, -0.05) is 18.2 Å². The fourth-order valence-corrected chi connectivity index (χ4v) is 3.94. The van der Waals surface area contributed by atoms with E-state index in [-0.39, 0.29) is 6.10 Å². The van der Waals surface area contributed by atoms with Crippen molar-refractivity contribution in [1.82, 2.24) is 10.3 Å². The third kappa shape index (κ3) is 4.33. The second kappa shape index (κ2) is 7.24. The molecule has 0 bridgehead atoms. The molecule has 6 heteroatoms. The highest BCUT2D eigenvalue weighted by atomic mass is 19.4. The lowest BCUT2D eigenvalue weighted by atomic mass is 9.93. The molecular weight excluding hydrogens is 353 g/mol. The predicted octanol–water partition coefficient (Wildman–Crippen LogP) is 4.52. The minimum atomic E-state index is -4.35. The van der Waals surface area contributed by atoms with Gasteiger partial charge < -0.3 is 10.4 Å². The van der Waals surface area contributed by atoms with Crippen LogP contribution in [0.15, 0.2) is 42.6 Å². The number of halogens is 3. The van der Waals surface area contributed by atoms with Crippen molar-refractivity contribution in [2.45, 2.75) is 62.4 Å². The van der Waals surface area contributed by atoms with Gasteiger partial charge in [0, 0.05) is 29.8 Å². The molecule has 2 aromatic rings. The molecule has 3 nitrogen and oxygen atoms in total. The summed E-state index contributed by atoms with van der Waals surface area (Å²) < 4.78 is 38.6. The van der Waals surface area contributed by atoms with E-state index in [1.807, 2.05) is 6.07 Å². The number of nitrogens with zero attached hydrogens (tertiary/aromatic N) is 1. The first-order valence-corrected chi connectivity index (χ1v) is 9.48. The molecule has 2 saturated carbocycles. The van der Waals surface area contributed by atoms with Crippen molar-refractivity contribution in [2.24, 2.45) is 0 Å². The lowest BCUT2D eigenvalue weighted by Crippen LogP contribution is -2.36. The Labute approximate surface area is 156 Å². The number of benzene rings is 1. The van der Waals surface area contributed by atoms with Crippen molar-refractivity contribution in [3.63, 3.8) is 0 Å². The summed E-state index contributed by atoms with van der Waals surface area (Å²) in [6.07, 6.45) is 2.10. The molecule has 0 amide bonds. The molecule has 0 spiro atoms. The van der Waals surface area contributed by atoms with Gasteiger partial charge in [-0.15, -0.1) is 0 Å². The molecule has 2 unspecified atom stereocenters. The molecule has 2 atom stereocenters. The molecule has 2 aliphatic carbocycles. The second-order valence-corrected chi connectivity index (χ2v) is 7.68. The van der Waals surface area contributed by atoms with Crippen LogP contribution in [-0.2, 0) is 6.18 Å². The zero-order chi connectivity index (χ0) is 19.0. The lowest BCUT2D eigenvalue weighted by Gasteiger charge is -2.26. The minimum Gasteiger partial charge on any atom is -0.393 e. The van der Waals surface area contributed by atoms with Gasteiger partial charge in [0.05, 0.1) is 17.4 Å². The van der Waals surface area contributed by atoms with Gasteiger partial charge in [0.15, 0.2) is 0 Å². The van der Waals surface area contributed by atoms with Crippen LogP contribution in [0.3, 0.4) is 0 Å². The van der Waals surface area contributed by atoms with E-state index in [0.29, 0.717) is 29.3 Å². The SMILES string of the molecule is OC1CCC(NC2CC2c2ccc(-c3cccc(C(F)(F)F)c3)nc2)CC1. The van der Waals surface area contributed by atoms with Gasteiger partial charge in [-0.05, 0) is 55.9 Å². The van der Waals surface area contributed by atoms with E-state index < -0.39 is 11.7 Å². The van der Waals surface area contributed by atoms with Gasteiger partial charge in [0.1, 0.15) is 0 Å². The van der Waals surface area contributed by atoms with Crippen LogP contribution in [0.1, 0.15) is 49.1 Å². The molecule has 0 saturated heterocycles. The van der Waals surface area contributed by atoms with E-state index in [2.05, 4.69) is 10.3 Å². The summed E-state index contributed by atoms with van der Waals surface area (Å²) in [7, 11) is 0. The third-order valence-electron chi connectivity index (χ3n) is 5.64. The maximum atomic E-state index is 12.9. The van der Waals surface area contributed by atoms with Crippen LogP contribution in [0.2, 0.25) is 0 Å². The molecule has 0 radical (unpaired) electrons. The molecule has 27 heavy (non-hydrogen) atoms. The summed E-state index contributed by atoms with van der Waals surface area (Å²) in [5.74, 6) is 0.417. The van der Waals surface area contributed by atoms with Crippen molar-refractivity contribution < 1.29 is 18.3 Å². The Kier molecular flexibility index (Phi) is 4.95. The molecule has 1 aromatic heterocycles. The monoisotopic (exact) mass is 376 g/mol. The Morgan fingerprint density at radius 2 is 1.81 bits per heavy atom. The maximum Gasteiger partial charge on any atom is 0.416 e. The third-order valence-corrected chi connectivity index (χ3v) is 5.64. The summed E-state index contributed by atoms with van der Waals surface area (Å²) in [4.78, 5) is 4.40. The van der Waals surface area contributed by atoms with Gasteiger partial charge in [0.25, 0.3) is 0 Å². The van der Waals surface area contributed by atoms with Crippen LogP contribution in [0.4, 0.5) is 13.2 Å². The van der Waals surface area contributed by atoms with Crippen LogP contribution >= 0.6 is 0 Å². The van der Waals surface area contributed by atoms with E-state index in [1.54, 1.807) is 18.3 Å². The quantitative estimate of drug-likeness (QED) is 0.825. The number of pyridine rings is 1. The Hall–Kier alpha value is -1.92. The van der Waals surface area contributed by atoms with Crippen LogP contribution in [-0.4, -0.2) is 28.3 Å². The topological polar surface area (TPSA) is 45.1 Å². The van der Waals surface area contributed by atoms with E-state index in [1.165, 1.54) is 6.07 Å². The smallest absolute Gasteiger partial charge is 0.393 e. The van der Waals surface area contributed by atoms with Gasteiger partial charge in [-0.25, -0.2) is 0 Å². The Morgan fingerprint density at radius 3 is 2.48 bits per heavy atom. The van der Waals surface area contributed by atoms with E-state index in [0.717, 1.165) is 49.8 Å². The van der Waals surface area contributed by atoms with Crippen LogP contribution in [0.5, 0.6) is 0 Å². The first-order chi connectivity index (χ1) is 12.9. The van der Waals surface area contributed by atoms with E-state index in [4.69, 9.17) is 0 Å². The van der Waals surface area contributed by atoms with Crippen molar-refractivity contribution in [1.29, 1.82) is 0 Å². The van der Waals surface area contributed by atoms with E-state index in [9.17, 15) is 18.3 Å². The van der Waals surface area contributed by atoms with Gasteiger partial charge in [-0.2, -0.15) is 13.2 Å². The van der Waals surface area contributed by atoms with E-state index >= 15 is 0 Å². The molecule has 2 fully saturated rings. The van der Waals surface area contributed by atoms with Crippen molar-refractivity contribution in [2.75, 3.05) is 0 Å². The first-order valence-electron chi connectivity index (χ1n) is 9.48. The Bertz CT molecular complexity index is 783.